The summed E-state index contributed by atoms with van der Waals surface area (Å²) in [6, 6.07) is 6.26. The van der Waals surface area contributed by atoms with Gasteiger partial charge in [-0.3, -0.25) is 28.9 Å². The average Bonchev–Trinajstić information content (AvgIpc) is 3.26. The van der Waals surface area contributed by atoms with Gasteiger partial charge in [0, 0.05) is 44.0 Å². The molecular weight excluding hydrogens is 610 g/mol. The summed E-state index contributed by atoms with van der Waals surface area (Å²) in [4.78, 5) is 77.4. The van der Waals surface area contributed by atoms with Crippen LogP contribution in [0.15, 0.2) is 24.3 Å². The highest BCUT2D eigenvalue weighted by Crippen LogP contribution is 2.35. The molecule has 1 aliphatic rings. The number of Topliss-reactive ketones (excluding diaryl/α,β-unsaturated/α-hetero) is 1. The number of benzene rings is 1. The van der Waals surface area contributed by atoms with E-state index in [-0.39, 0.29) is 77.9 Å². The van der Waals surface area contributed by atoms with Crippen LogP contribution in [0, 0.1) is 28.6 Å². The summed E-state index contributed by atoms with van der Waals surface area (Å²) in [6.45, 7) is 16.7. The maximum atomic E-state index is 13.5. The van der Waals surface area contributed by atoms with E-state index in [4.69, 9.17) is 5.73 Å². The zero-order valence-electron chi connectivity index (χ0n) is 30.4. The summed E-state index contributed by atoms with van der Waals surface area (Å²) < 4.78 is 0. The van der Waals surface area contributed by atoms with Gasteiger partial charge in [-0.15, -0.1) is 0 Å². The smallest absolute Gasteiger partial charge is 0.312 e. The number of carbonyl (C=O) groups excluding carboxylic acids is 6. The first-order valence-corrected chi connectivity index (χ1v) is 17.4. The highest BCUT2D eigenvalue weighted by atomic mass is 16.2. The summed E-state index contributed by atoms with van der Waals surface area (Å²) in [5, 5.41) is 8.33. The second-order valence-corrected chi connectivity index (χ2v) is 15.8. The largest absolute Gasteiger partial charge is 0.352 e. The van der Waals surface area contributed by atoms with Crippen LogP contribution in [0.1, 0.15) is 112 Å². The molecule has 0 bridgehead atoms. The zero-order chi connectivity index (χ0) is 36.2. The third kappa shape index (κ3) is 13.8. The molecule has 1 aromatic carbocycles. The molecule has 0 spiro atoms. The Morgan fingerprint density at radius 2 is 1.58 bits per heavy atom. The number of unbranched alkanes of at least 4 members (excludes halogenated alkanes) is 2. The van der Waals surface area contributed by atoms with Crippen molar-refractivity contribution >= 4 is 41.1 Å². The molecule has 1 fully saturated rings. The summed E-state index contributed by atoms with van der Waals surface area (Å²) in [7, 11) is 0. The Kier molecular flexibility index (Phi) is 15.3. The molecule has 1 heterocycles. The van der Waals surface area contributed by atoms with Crippen molar-refractivity contribution in [2.75, 3.05) is 18.4 Å². The van der Waals surface area contributed by atoms with Crippen LogP contribution in [0.4, 0.5) is 10.5 Å². The van der Waals surface area contributed by atoms with Gasteiger partial charge in [-0.1, -0.05) is 73.9 Å². The zero-order valence-corrected chi connectivity index (χ0v) is 30.4. The van der Waals surface area contributed by atoms with E-state index in [2.05, 4.69) is 36.7 Å². The number of amides is 6. The van der Waals surface area contributed by atoms with E-state index in [0.717, 1.165) is 12.0 Å². The molecule has 3 atom stereocenters. The van der Waals surface area contributed by atoms with Crippen LogP contribution in [-0.2, 0) is 30.4 Å². The minimum Gasteiger partial charge on any atom is -0.352 e. The Labute approximate surface area is 286 Å². The number of anilines is 1. The molecule has 2 rings (SSSR count). The summed E-state index contributed by atoms with van der Waals surface area (Å²) in [5.41, 5.74) is 6.83. The molecule has 48 heavy (non-hydrogen) atoms. The second-order valence-electron chi connectivity index (χ2n) is 15.8. The first-order chi connectivity index (χ1) is 22.3. The molecule has 11 nitrogen and oxygen atoms in total. The average molecular weight is 670 g/mol. The first kappa shape index (κ1) is 40.4. The number of nitrogens with two attached hydrogens (primary N) is 1. The van der Waals surface area contributed by atoms with Crippen LogP contribution in [0.5, 0.6) is 0 Å². The lowest BCUT2D eigenvalue weighted by Crippen LogP contribution is -2.45. The van der Waals surface area contributed by atoms with Gasteiger partial charge in [0.05, 0.1) is 12.0 Å². The fourth-order valence-electron chi connectivity index (χ4n) is 6.01. The van der Waals surface area contributed by atoms with E-state index in [1.54, 1.807) is 0 Å². The lowest BCUT2D eigenvalue weighted by Gasteiger charge is -2.25. The van der Waals surface area contributed by atoms with Crippen LogP contribution < -0.4 is 21.7 Å². The van der Waals surface area contributed by atoms with Crippen LogP contribution in [-0.4, -0.2) is 59.5 Å². The minimum absolute atomic E-state index is 0.0684. The van der Waals surface area contributed by atoms with Gasteiger partial charge in [-0.2, -0.15) is 0 Å². The van der Waals surface area contributed by atoms with Gasteiger partial charge < -0.3 is 21.7 Å². The number of nitrogens with one attached hydrogen (secondary N) is 3. The Balaban J connectivity index is 1.94. The third-order valence-corrected chi connectivity index (χ3v) is 8.71. The molecule has 0 aliphatic carbocycles. The van der Waals surface area contributed by atoms with Gasteiger partial charge in [0.2, 0.25) is 23.6 Å². The molecule has 6 amide bonds. The second kappa shape index (κ2) is 18.1. The predicted octanol–water partition coefficient (Wildman–Crippen LogP) is 5.36. The molecule has 1 aliphatic heterocycles. The number of nitrogens with zero attached hydrogens (tertiary/aromatic N) is 1. The SMILES string of the molecule is CC(C)[C@H](NC(=O)CCCCCN1C(=O)CC(C(C)(C)C)C1=O)C(=O)C[C@@H](CCCNC(N)=O)C(=O)Nc1ccc(CC(C)(C)C)cc1. The summed E-state index contributed by atoms with van der Waals surface area (Å²) in [5.74, 6) is -2.22. The topological polar surface area (TPSA) is 168 Å². The first-order valence-electron chi connectivity index (χ1n) is 17.4. The fraction of sp³-hybridized carbons (Fsp3) is 0.676. The van der Waals surface area contributed by atoms with Crippen molar-refractivity contribution in [3.8, 4) is 0 Å². The van der Waals surface area contributed by atoms with Crippen molar-refractivity contribution in [3.63, 3.8) is 0 Å². The number of hydrogen-bond acceptors (Lipinski definition) is 6. The molecule has 1 saturated heterocycles. The van der Waals surface area contributed by atoms with E-state index in [0.29, 0.717) is 44.3 Å². The number of likely N-dealkylation sites (tertiary alicyclic amines) is 1. The van der Waals surface area contributed by atoms with Gasteiger partial charge in [-0.25, -0.2) is 4.79 Å². The summed E-state index contributed by atoms with van der Waals surface area (Å²) in [6.07, 6.45) is 3.88. The number of hydrogen-bond donors (Lipinski definition) is 4. The van der Waals surface area contributed by atoms with E-state index in [1.807, 2.05) is 58.9 Å². The predicted molar refractivity (Wildman–Crippen MR) is 188 cm³/mol. The number of ketones is 1. The number of imide groups is 1. The maximum absolute atomic E-state index is 13.5. The van der Waals surface area contributed by atoms with E-state index in [1.165, 1.54) is 4.90 Å². The maximum Gasteiger partial charge on any atom is 0.312 e. The summed E-state index contributed by atoms with van der Waals surface area (Å²) >= 11 is 0. The minimum atomic E-state index is -0.762. The van der Waals surface area contributed by atoms with E-state index < -0.39 is 18.0 Å². The van der Waals surface area contributed by atoms with Crippen molar-refractivity contribution in [1.29, 1.82) is 0 Å². The molecule has 1 aromatic rings. The Hall–Kier alpha value is -3.76. The molecular formula is C37H59N5O6. The standard InChI is InChI=1S/C37H59N5O6/c1-24(2)32(41-30(44)14-10-9-11-20-42-31(45)22-28(34(42)47)37(6,7)8)29(43)21-26(13-12-19-39-35(38)48)33(46)40-27-17-15-25(16-18-27)23-36(3,4)5/h15-18,24,26,28,32H,9-14,19-23H2,1-8H3,(H,40,46)(H,41,44)(H3,38,39,48)/t26-,28?,32+/m1/s1. The lowest BCUT2D eigenvalue weighted by atomic mass is 9.80. The molecule has 0 radical (unpaired) electrons. The monoisotopic (exact) mass is 669 g/mol. The fourth-order valence-corrected chi connectivity index (χ4v) is 6.01. The van der Waals surface area contributed by atoms with E-state index in [9.17, 15) is 28.8 Å². The Bertz CT molecular complexity index is 1280. The molecule has 1 unspecified atom stereocenters. The molecule has 5 N–H and O–H groups in total. The van der Waals surface area contributed by atoms with E-state index >= 15 is 0 Å². The van der Waals surface area contributed by atoms with Crippen molar-refractivity contribution < 1.29 is 28.8 Å². The third-order valence-electron chi connectivity index (χ3n) is 8.71. The normalized spacial score (nSPS) is 16.5. The molecule has 268 valence electrons. The molecule has 0 saturated carbocycles. The highest BCUT2D eigenvalue weighted by Gasteiger charge is 2.44. The van der Waals surface area contributed by atoms with Crippen LogP contribution in [0.2, 0.25) is 0 Å². The van der Waals surface area contributed by atoms with Crippen molar-refractivity contribution in [2.24, 2.45) is 34.3 Å². The molecule has 11 heteroatoms. The molecule has 0 aromatic heterocycles. The number of carbonyl (C=O) groups is 6. The highest BCUT2D eigenvalue weighted by molar-refractivity contribution is 6.04. The number of urea groups is 1. The van der Waals surface area contributed by atoms with Gasteiger partial charge in [0.25, 0.3) is 0 Å². The van der Waals surface area contributed by atoms with Crippen molar-refractivity contribution in [2.45, 2.75) is 119 Å². The van der Waals surface area contributed by atoms with Crippen LogP contribution in [0.3, 0.4) is 0 Å². The van der Waals surface area contributed by atoms with Crippen LogP contribution >= 0.6 is 0 Å². The van der Waals surface area contributed by atoms with Crippen LogP contribution in [0.25, 0.3) is 0 Å². The Morgan fingerprint density at radius 3 is 2.12 bits per heavy atom. The lowest BCUT2D eigenvalue weighted by molar-refractivity contribution is -0.140. The number of primary amides is 1. The van der Waals surface area contributed by atoms with Gasteiger partial charge in [0.15, 0.2) is 5.78 Å². The Morgan fingerprint density at radius 1 is 0.938 bits per heavy atom. The van der Waals surface area contributed by atoms with Gasteiger partial charge in [-0.05, 0) is 66.5 Å². The quantitative estimate of drug-likeness (QED) is 0.121. The number of rotatable bonds is 18. The van der Waals surface area contributed by atoms with Crippen molar-refractivity contribution in [3.05, 3.63) is 29.8 Å². The van der Waals surface area contributed by atoms with Crippen molar-refractivity contribution in [1.82, 2.24) is 15.5 Å². The van der Waals surface area contributed by atoms with Gasteiger partial charge >= 0.3 is 6.03 Å². The van der Waals surface area contributed by atoms with Gasteiger partial charge in [0.1, 0.15) is 0 Å².